The van der Waals surface area contributed by atoms with Crippen LogP contribution >= 0.6 is 11.5 Å². The Morgan fingerprint density at radius 2 is 2.29 bits per heavy atom. The van der Waals surface area contributed by atoms with Crippen LogP contribution in [0.5, 0.6) is 0 Å². The van der Waals surface area contributed by atoms with E-state index in [1.807, 2.05) is 0 Å². The molecule has 1 amide bonds. The number of amidine groups is 1. The van der Waals surface area contributed by atoms with Crippen LogP contribution < -0.4 is 11.1 Å². The molecule has 7 nitrogen and oxygen atoms in total. The van der Waals surface area contributed by atoms with E-state index in [1.165, 1.54) is 0 Å². The fourth-order valence-electron chi connectivity index (χ4n) is 1.05. The number of aromatic nitrogens is 2. The number of nitrogens with one attached hydrogen (secondary N) is 1. The molecule has 0 spiro atoms. The standard InChI is InChI=1S/C9H15N5O2S/c1-5-6(17-14-12-5)7(15)11-4-9(2,3)8(10)13-16/h16H,4H2,1-3H3,(H2,10,13)(H,11,15). The lowest BCUT2D eigenvalue weighted by molar-refractivity contribution is 0.0947. The highest BCUT2D eigenvalue weighted by Crippen LogP contribution is 2.14. The first-order chi connectivity index (χ1) is 7.88. The summed E-state index contributed by atoms with van der Waals surface area (Å²) in [6.07, 6.45) is 0. The Kier molecular flexibility index (Phi) is 4.00. The second-order valence-electron chi connectivity index (χ2n) is 4.24. The first-order valence-electron chi connectivity index (χ1n) is 4.93. The summed E-state index contributed by atoms with van der Waals surface area (Å²) < 4.78 is 3.68. The Balaban J connectivity index is 2.64. The lowest BCUT2D eigenvalue weighted by Crippen LogP contribution is -2.42. The van der Waals surface area contributed by atoms with Gasteiger partial charge in [0.1, 0.15) is 10.7 Å². The maximum absolute atomic E-state index is 11.8. The lowest BCUT2D eigenvalue weighted by atomic mass is 9.92. The number of oxime groups is 1. The molecule has 1 aromatic heterocycles. The molecule has 0 unspecified atom stereocenters. The van der Waals surface area contributed by atoms with Crippen molar-refractivity contribution in [3.63, 3.8) is 0 Å². The summed E-state index contributed by atoms with van der Waals surface area (Å²) in [7, 11) is 0. The number of hydrogen-bond donors (Lipinski definition) is 3. The summed E-state index contributed by atoms with van der Waals surface area (Å²) in [5, 5.41) is 18.0. The Morgan fingerprint density at radius 3 is 2.76 bits per heavy atom. The van der Waals surface area contributed by atoms with Crippen LogP contribution in [0.3, 0.4) is 0 Å². The molecule has 0 atom stereocenters. The molecule has 0 saturated carbocycles. The summed E-state index contributed by atoms with van der Waals surface area (Å²) in [4.78, 5) is 12.2. The molecule has 4 N–H and O–H groups in total. The molecule has 0 aliphatic heterocycles. The molecule has 17 heavy (non-hydrogen) atoms. The van der Waals surface area contributed by atoms with Crippen molar-refractivity contribution in [1.82, 2.24) is 14.9 Å². The van der Waals surface area contributed by atoms with E-state index in [0.717, 1.165) is 11.5 Å². The normalized spacial score (nSPS) is 12.5. The number of hydrogen-bond acceptors (Lipinski definition) is 6. The second kappa shape index (κ2) is 5.09. The number of nitrogens with two attached hydrogens (primary N) is 1. The SMILES string of the molecule is Cc1nnsc1C(=O)NCC(C)(C)C(N)=NO. The van der Waals surface area contributed by atoms with Crippen molar-refractivity contribution in [3.05, 3.63) is 10.6 Å². The van der Waals surface area contributed by atoms with Gasteiger partial charge in [-0.3, -0.25) is 4.79 Å². The molecular formula is C9H15N5O2S. The number of carbonyl (C=O) groups is 1. The van der Waals surface area contributed by atoms with Crippen LogP contribution in [0, 0.1) is 12.3 Å². The highest BCUT2D eigenvalue weighted by Gasteiger charge is 2.25. The molecule has 0 radical (unpaired) electrons. The van der Waals surface area contributed by atoms with Crippen LogP contribution in [0.25, 0.3) is 0 Å². The minimum absolute atomic E-state index is 0.0666. The van der Waals surface area contributed by atoms with Crippen molar-refractivity contribution in [3.8, 4) is 0 Å². The summed E-state index contributed by atoms with van der Waals surface area (Å²) in [6, 6.07) is 0. The van der Waals surface area contributed by atoms with E-state index in [0.29, 0.717) is 10.6 Å². The zero-order valence-corrected chi connectivity index (χ0v) is 10.7. The van der Waals surface area contributed by atoms with E-state index in [4.69, 9.17) is 10.9 Å². The molecule has 94 valence electrons. The molecular weight excluding hydrogens is 242 g/mol. The molecule has 0 fully saturated rings. The van der Waals surface area contributed by atoms with Gasteiger partial charge in [0, 0.05) is 12.0 Å². The number of amides is 1. The monoisotopic (exact) mass is 257 g/mol. The third kappa shape index (κ3) is 3.13. The van der Waals surface area contributed by atoms with Crippen LogP contribution in [0.15, 0.2) is 5.16 Å². The molecule has 0 aliphatic carbocycles. The molecule has 8 heteroatoms. The summed E-state index contributed by atoms with van der Waals surface area (Å²) in [6.45, 7) is 5.51. The second-order valence-corrected chi connectivity index (χ2v) is 4.99. The van der Waals surface area contributed by atoms with Crippen molar-refractivity contribution in [2.45, 2.75) is 20.8 Å². The van der Waals surface area contributed by atoms with Crippen LogP contribution in [0.1, 0.15) is 29.2 Å². The van der Waals surface area contributed by atoms with E-state index in [9.17, 15) is 4.79 Å². The highest BCUT2D eigenvalue weighted by atomic mass is 32.1. The van der Waals surface area contributed by atoms with Crippen molar-refractivity contribution < 1.29 is 10.0 Å². The van der Waals surface area contributed by atoms with Crippen molar-refractivity contribution in [2.75, 3.05) is 6.54 Å². The number of nitrogens with zero attached hydrogens (tertiary/aromatic N) is 3. The minimum Gasteiger partial charge on any atom is -0.409 e. The number of carbonyl (C=O) groups excluding carboxylic acids is 1. The van der Waals surface area contributed by atoms with Gasteiger partial charge < -0.3 is 16.3 Å². The highest BCUT2D eigenvalue weighted by molar-refractivity contribution is 7.07. The van der Waals surface area contributed by atoms with Crippen LogP contribution in [0.4, 0.5) is 0 Å². The van der Waals surface area contributed by atoms with Crippen LogP contribution in [-0.2, 0) is 0 Å². The first kappa shape index (κ1) is 13.4. The smallest absolute Gasteiger partial charge is 0.264 e. The van der Waals surface area contributed by atoms with Gasteiger partial charge in [0.05, 0.1) is 5.69 Å². The third-order valence-corrected chi connectivity index (χ3v) is 3.18. The Morgan fingerprint density at radius 1 is 1.65 bits per heavy atom. The summed E-state index contributed by atoms with van der Waals surface area (Å²) >= 11 is 1.04. The van der Waals surface area contributed by atoms with E-state index >= 15 is 0 Å². The van der Waals surface area contributed by atoms with Gasteiger partial charge in [-0.05, 0) is 18.5 Å². The minimum atomic E-state index is -0.615. The fraction of sp³-hybridized carbons (Fsp3) is 0.556. The topological polar surface area (TPSA) is 113 Å². The van der Waals surface area contributed by atoms with Crippen LogP contribution in [0.2, 0.25) is 0 Å². The summed E-state index contributed by atoms with van der Waals surface area (Å²) in [5.41, 5.74) is 5.49. The molecule has 0 bridgehead atoms. The van der Waals surface area contributed by atoms with Crippen LogP contribution in [-0.4, -0.2) is 33.1 Å². The molecule has 1 rings (SSSR count). The fourth-order valence-corrected chi connectivity index (χ4v) is 1.62. The third-order valence-electron chi connectivity index (χ3n) is 2.35. The molecule has 0 aliphatic rings. The molecule has 1 aromatic rings. The average Bonchev–Trinajstić information content (AvgIpc) is 2.71. The lowest BCUT2D eigenvalue weighted by Gasteiger charge is -2.22. The Labute approximate surface area is 103 Å². The Hall–Kier alpha value is -1.70. The maximum Gasteiger partial charge on any atom is 0.264 e. The first-order valence-corrected chi connectivity index (χ1v) is 5.71. The van der Waals surface area contributed by atoms with E-state index in [-0.39, 0.29) is 18.3 Å². The van der Waals surface area contributed by atoms with Crippen molar-refractivity contribution in [2.24, 2.45) is 16.3 Å². The van der Waals surface area contributed by atoms with Gasteiger partial charge in [0.2, 0.25) is 0 Å². The molecule has 1 heterocycles. The van der Waals surface area contributed by atoms with Gasteiger partial charge in [-0.2, -0.15) is 0 Å². The number of aryl methyl sites for hydroxylation is 1. The van der Waals surface area contributed by atoms with Crippen molar-refractivity contribution >= 4 is 23.3 Å². The van der Waals surface area contributed by atoms with E-state index in [2.05, 4.69) is 20.1 Å². The van der Waals surface area contributed by atoms with Gasteiger partial charge in [-0.15, -0.1) is 5.10 Å². The van der Waals surface area contributed by atoms with Gasteiger partial charge in [0.25, 0.3) is 5.91 Å². The predicted molar refractivity (Wildman–Crippen MR) is 64.2 cm³/mol. The maximum atomic E-state index is 11.8. The largest absolute Gasteiger partial charge is 0.409 e. The predicted octanol–water partition coefficient (Wildman–Crippen LogP) is 0.349. The molecule has 0 aromatic carbocycles. The zero-order chi connectivity index (χ0) is 13.1. The number of rotatable bonds is 4. The van der Waals surface area contributed by atoms with E-state index in [1.54, 1.807) is 20.8 Å². The van der Waals surface area contributed by atoms with Gasteiger partial charge >= 0.3 is 0 Å². The van der Waals surface area contributed by atoms with E-state index < -0.39 is 5.41 Å². The average molecular weight is 257 g/mol. The zero-order valence-electron chi connectivity index (χ0n) is 9.89. The summed E-state index contributed by atoms with van der Waals surface area (Å²) in [5.74, 6) is -0.187. The Bertz CT molecular complexity index is 440. The van der Waals surface area contributed by atoms with Crippen molar-refractivity contribution in [1.29, 1.82) is 0 Å². The van der Waals surface area contributed by atoms with Gasteiger partial charge in [-0.25, -0.2) is 0 Å². The quantitative estimate of drug-likeness (QED) is 0.312. The molecule has 0 saturated heterocycles. The van der Waals surface area contributed by atoms with Gasteiger partial charge in [0.15, 0.2) is 0 Å². The van der Waals surface area contributed by atoms with Gasteiger partial charge in [-0.1, -0.05) is 23.5 Å².